The standard InChI is InChI=1S/C54H67ClN10O10S2/c1-31(66)46-54(75)64-44(53(74)61-41(48(59)69)26-33-12-6-3-7-13-33)30-77-76-29-43(63-50(71)39(57)25-34-17-21-38(55)22-18-34)45(67)28-37(24-32-10-4-2-5-11-32)49(70)62-42(27-35-15-19-36(20-16-35)47(58)68)52(73)60-40(51(72)65-46)14-8-9-23-56/h2-7,10-13,15-22,31,37,39-44,46,66H,8-9,14,23-30,56-57H2,1H3,(H2,58,68)(H2,59,69)(H,60,73)(H,61,74)(H,62,70)(H,63,71)(H,64,75)(H,65,72)/t31-,37-,39+,40+,41?,42-,43-,44+,46+/m1/s1. The number of hydrogen-bond acceptors (Lipinski definition) is 14. The van der Waals surface area contributed by atoms with Gasteiger partial charge in [0.05, 0.1) is 18.2 Å². The summed E-state index contributed by atoms with van der Waals surface area (Å²) in [5.74, 6) is -8.66. The lowest BCUT2D eigenvalue weighted by Gasteiger charge is -2.29. The normalized spacial score (nSPS) is 21.4. The van der Waals surface area contributed by atoms with E-state index in [9.17, 15) is 48.3 Å². The van der Waals surface area contributed by atoms with Crippen molar-refractivity contribution in [3.63, 3.8) is 0 Å². The van der Waals surface area contributed by atoms with Crippen LogP contribution in [0.5, 0.6) is 0 Å². The van der Waals surface area contributed by atoms with Crippen LogP contribution in [0.3, 0.4) is 0 Å². The smallest absolute Gasteiger partial charge is 0.248 e. The summed E-state index contributed by atoms with van der Waals surface area (Å²) >= 11 is 6.08. The second kappa shape index (κ2) is 30.8. The molecule has 0 radical (unpaired) electrons. The third kappa shape index (κ3) is 19.9. The number of Topliss-reactive ketones (excluding diaryl/α,β-unsaturated/α-hetero) is 1. The number of hydrogen-bond donors (Lipinski definition) is 11. The second-order valence-corrected chi connectivity index (χ2v) is 21.7. The van der Waals surface area contributed by atoms with Gasteiger partial charge in [0.15, 0.2) is 5.78 Å². The summed E-state index contributed by atoms with van der Waals surface area (Å²) in [5.41, 5.74) is 26.1. The number of carbonyl (C=O) groups excluding carboxylic acids is 9. The van der Waals surface area contributed by atoms with E-state index in [1.54, 1.807) is 97.1 Å². The topological polar surface area (TPSA) is 350 Å². The van der Waals surface area contributed by atoms with Crippen molar-refractivity contribution in [2.75, 3.05) is 18.1 Å². The lowest BCUT2D eigenvalue weighted by molar-refractivity contribution is -0.137. The molecule has 77 heavy (non-hydrogen) atoms. The van der Waals surface area contributed by atoms with Gasteiger partial charge in [-0.15, -0.1) is 0 Å². The molecule has 412 valence electrons. The van der Waals surface area contributed by atoms with Crippen molar-refractivity contribution in [3.05, 3.63) is 142 Å². The Labute approximate surface area is 459 Å². The number of unbranched alkanes of at least 4 members (excludes halogenated alkanes) is 1. The van der Waals surface area contributed by atoms with Gasteiger partial charge in [0, 0.05) is 47.3 Å². The third-order valence-electron chi connectivity index (χ3n) is 12.6. The fourth-order valence-corrected chi connectivity index (χ4v) is 10.7. The summed E-state index contributed by atoms with van der Waals surface area (Å²) in [6.07, 6.45) is -1.37. The average Bonchev–Trinajstić information content (AvgIpc) is 3.40. The zero-order valence-electron chi connectivity index (χ0n) is 42.5. The highest BCUT2D eigenvalue weighted by molar-refractivity contribution is 8.76. The monoisotopic (exact) mass is 1110 g/mol. The molecule has 0 aromatic heterocycles. The molecule has 20 nitrogen and oxygen atoms in total. The zero-order chi connectivity index (χ0) is 56.0. The van der Waals surface area contributed by atoms with Crippen molar-refractivity contribution in [2.24, 2.45) is 28.9 Å². The predicted molar refractivity (Wildman–Crippen MR) is 295 cm³/mol. The molecule has 4 aromatic carbocycles. The fraction of sp³-hybridized carbons (Fsp3) is 0.389. The van der Waals surface area contributed by atoms with Crippen LogP contribution in [-0.2, 0) is 64.0 Å². The first-order valence-electron chi connectivity index (χ1n) is 25.0. The van der Waals surface area contributed by atoms with Crippen LogP contribution in [-0.4, -0.2) is 125 Å². The van der Waals surface area contributed by atoms with Gasteiger partial charge in [-0.3, -0.25) is 43.2 Å². The average molecular weight is 1120 g/mol. The Bertz CT molecular complexity index is 2660. The largest absolute Gasteiger partial charge is 0.391 e. The molecule has 1 aliphatic rings. The van der Waals surface area contributed by atoms with E-state index in [1.165, 1.54) is 19.1 Å². The maximum Gasteiger partial charge on any atom is 0.248 e. The summed E-state index contributed by atoms with van der Waals surface area (Å²) in [4.78, 5) is 125. The lowest BCUT2D eigenvalue weighted by Crippen LogP contribution is -2.62. The Morgan fingerprint density at radius 1 is 0.688 bits per heavy atom. The van der Waals surface area contributed by atoms with Crippen LogP contribution in [0.25, 0.3) is 0 Å². The van der Waals surface area contributed by atoms with E-state index in [4.69, 9.17) is 34.5 Å². The van der Waals surface area contributed by atoms with Gasteiger partial charge >= 0.3 is 0 Å². The molecule has 0 spiro atoms. The van der Waals surface area contributed by atoms with E-state index >= 15 is 0 Å². The lowest BCUT2D eigenvalue weighted by atomic mass is 9.90. The van der Waals surface area contributed by atoms with Crippen LogP contribution in [0, 0.1) is 5.92 Å². The van der Waals surface area contributed by atoms with E-state index in [1.807, 2.05) is 0 Å². The van der Waals surface area contributed by atoms with Crippen molar-refractivity contribution in [3.8, 4) is 0 Å². The second-order valence-electron chi connectivity index (χ2n) is 18.7. The van der Waals surface area contributed by atoms with Gasteiger partial charge in [0.25, 0.3) is 0 Å². The van der Waals surface area contributed by atoms with Gasteiger partial charge in [-0.2, -0.15) is 0 Å². The number of carbonyl (C=O) groups is 9. The molecule has 1 fully saturated rings. The number of nitrogens with one attached hydrogen (secondary N) is 6. The fourth-order valence-electron chi connectivity index (χ4n) is 8.26. The van der Waals surface area contributed by atoms with E-state index in [0.717, 1.165) is 21.6 Å². The predicted octanol–water partition coefficient (Wildman–Crippen LogP) is 0.911. The first-order chi connectivity index (χ1) is 36.8. The molecule has 23 heteroatoms. The molecule has 1 saturated heterocycles. The molecular formula is C54H67ClN10O10S2. The molecular weight excluding hydrogens is 1050 g/mol. The number of primary amides is 2. The van der Waals surface area contributed by atoms with Gasteiger partial charge in [0.2, 0.25) is 47.3 Å². The summed E-state index contributed by atoms with van der Waals surface area (Å²) in [7, 11) is 2.06. The van der Waals surface area contributed by atoms with Crippen molar-refractivity contribution in [1.29, 1.82) is 0 Å². The van der Waals surface area contributed by atoms with Gasteiger partial charge in [0.1, 0.15) is 30.2 Å². The van der Waals surface area contributed by atoms with Crippen LogP contribution in [0.4, 0.5) is 0 Å². The highest BCUT2D eigenvalue weighted by atomic mass is 35.5. The van der Waals surface area contributed by atoms with Crippen LogP contribution < -0.4 is 54.8 Å². The van der Waals surface area contributed by atoms with Gasteiger partial charge in [-0.05, 0) is 92.1 Å². The number of nitrogens with two attached hydrogens (primary N) is 4. The summed E-state index contributed by atoms with van der Waals surface area (Å²) in [6, 6.07) is 20.7. The molecule has 4 aromatic rings. The Hall–Kier alpha value is -6.82. The minimum atomic E-state index is -1.71. The number of aliphatic hydroxyl groups excluding tert-OH is 1. The van der Waals surface area contributed by atoms with Crippen molar-refractivity contribution in [2.45, 2.75) is 107 Å². The Morgan fingerprint density at radius 2 is 1.26 bits per heavy atom. The van der Waals surface area contributed by atoms with E-state index in [2.05, 4.69) is 31.9 Å². The van der Waals surface area contributed by atoms with Crippen LogP contribution in [0.2, 0.25) is 5.02 Å². The van der Waals surface area contributed by atoms with Gasteiger partial charge in [-0.25, -0.2) is 0 Å². The zero-order valence-corrected chi connectivity index (χ0v) is 44.9. The van der Waals surface area contributed by atoms with Crippen LogP contribution in [0.15, 0.2) is 109 Å². The first kappa shape index (κ1) is 61.0. The Balaban J connectivity index is 1.56. The first-order valence-corrected chi connectivity index (χ1v) is 27.9. The highest BCUT2D eigenvalue weighted by Gasteiger charge is 2.36. The number of rotatable bonds is 19. The molecule has 15 N–H and O–H groups in total. The maximum atomic E-state index is 14.8. The molecule has 0 aliphatic carbocycles. The van der Waals surface area contributed by atoms with Gasteiger partial charge < -0.3 is 59.9 Å². The number of aliphatic hydroxyl groups is 1. The maximum absolute atomic E-state index is 14.8. The molecule has 1 unspecified atom stereocenters. The van der Waals surface area contributed by atoms with Crippen LogP contribution >= 0.6 is 33.2 Å². The number of ketones is 1. The molecule has 1 aliphatic heterocycles. The molecule has 1 heterocycles. The summed E-state index contributed by atoms with van der Waals surface area (Å²) < 4.78 is 0. The minimum absolute atomic E-state index is 0.00343. The SMILES string of the molecule is C[C@@H](O)[C@@H]1NC(=O)[C@H](CCCCN)NC(=O)[C@@H](Cc2ccc(C(N)=O)cc2)NC(=O)[C@H](Cc2ccccc2)CC(=O)[C@H](NC(=O)[C@@H](N)Cc2ccc(Cl)cc2)CSSC[C@@H](C(=O)NC(Cc2ccccc2)C(N)=O)NC1=O. The number of benzene rings is 4. The Morgan fingerprint density at radius 3 is 1.87 bits per heavy atom. The minimum Gasteiger partial charge on any atom is -0.391 e. The van der Waals surface area contributed by atoms with E-state index in [0.29, 0.717) is 40.1 Å². The van der Waals surface area contributed by atoms with Crippen molar-refractivity contribution < 1.29 is 48.3 Å². The van der Waals surface area contributed by atoms with E-state index in [-0.39, 0.29) is 55.7 Å². The summed E-state index contributed by atoms with van der Waals surface area (Å²) in [6.45, 7) is 1.48. The summed E-state index contributed by atoms with van der Waals surface area (Å²) in [5, 5.41) is 27.5. The van der Waals surface area contributed by atoms with Crippen molar-refractivity contribution in [1.82, 2.24) is 31.9 Å². The Kier molecular flexibility index (Phi) is 24.4. The molecule has 5 rings (SSSR count). The molecule has 0 bridgehead atoms. The molecule has 0 saturated carbocycles. The number of amides is 8. The van der Waals surface area contributed by atoms with E-state index < -0.39 is 114 Å². The third-order valence-corrected chi connectivity index (χ3v) is 15.3. The van der Waals surface area contributed by atoms with Crippen molar-refractivity contribution >= 4 is 86.2 Å². The molecule has 9 atom stereocenters. The number of halogens is 1. The van der Waals surface area contributed by atoms with Gasteiger partial charge in [-0.1, -0.05) is 118 Å². The van der Waals surface area contributed by atoms with Crippen LogP contribution in [0.1, 0.15) is 65.2 Å². The quantitative estimate of drug-likeness (QED) is 0.0460. The highest BCUT2D eigenvalue weighted by Crippen LogP contribution is 2.26. The molecule has 8 amide bonds.